The third-order valence-electron chi connectivity index (χ3n) is 4.77. The van der Waals surface area contributed by atoms with Crippen LogP contribution in [0.25, 0.3) is 11.5 Å². The van der Waals surface area contributed by atoms with Crippen LogP contribution in [0.4, 0.5) is 11.4 Å². The Hall–Kier alpha value is -4.26. The van der Waals surface area contributed by atoms with E-state index in [-0.39, 0.29) is 18.2 Å². The van der Waals surface area contributed by atoms with E-state index in [4.69, 9.17) is 4.42 Å². The van der Waals surface area contributed by atoms with Crippen molar-refractivity contribution < 1.29 is 14.0 Å². The molecule has 4 aromatic rings. The summed E-state index contributed by atoms with van der Waals surface area (Å²) in [5, 5.41) is 13.7. The van der Waals surface area contributed by atoms with Gasteiger partial charge in [-0.25, -0.2) is 0 Å². The van der Waals surface area contributed by atoms with Crippen molar-refractivity contribution in [3.8, 4) is 11.5 Å². The molecule has 0 fully saturated rings. The van der Waals surface area contributed by atoms with Crippen molar-refractivity contribution in [1.29, 1.82) is 0 Å². The molecule has 0 aliphatic carbocycles. The fraction of sp³-hybridized carbons (Fsp3) is 0.120. The van der Waals surface area contributed by atoms with Gasteiger partial charge in [0.2, 0.25) is 17.7 Å². The number of nitrogens with one attached hydrogen (secondary N) is 2. The normalized spacial score (nSPS) is 10.5. The summed E-state index contributed by atoms with van der Waals surface area (Å²) in [6.45, 7) is 2.01. The average molecular weight is 426 g/mol. The van der Waals surface area contributed by atoms with E-state index >= 15 is 0 Å². The van der Waals surface area contributed by atoms with Crippen molar-refractivity contribution in [2.75, 3.05) is 10.6 Å². The summed E-state index contributed by atoms with van der Waals surface area (Å²) >= 11 is 0. The highest BCUT2D eigenvalue weighted by Crippen LogP contribution is 2.19. The summed E-state index contributed by atoms with van der Waals surface area (Å²) in [5.74, 6) is 0.434. The average Bonchev–Trinajstić information content (AvgIpc) is 3.28. The Morgan fingerprint density at radius 1 is 0.844 bits per heavy atom. The Kier molecular flexibility index (Phi) is 6.36. The molecule has 7 nitrogen and oxygen atoms in total. The lowest BCUT2D eigenvalue weighted by atomic mass is 10.1. The van der Waals surface area contributed by atoms with Gasteiger partial charge in [0.25, 0.3) is 5.91 Å². The first-order chi connectivity index (χ1) is 15.6. The summed E-state index contributed by atoms with van der Waals surface area (Å²) in [4.78, 5) is 24.7. The molecular formula is C25H22N4O3. The van der Waals surface area contributed by atoms with Gasteiger partial charge in [-0.1, -0.05) is 42.0 Å². The quantitative estimate of drug-likeness (QED) is 0.439. The van der Waals surface area contributed by atoms with Gasteiger partial charge in [-0.2, -0.15) is 0 Å². The molecular weight excluding hydrogens is 404 g/mol. The minimum absolute atomic E-state index is 0.188. The monoisotopic (exact) mass is 426 g/mol. The Morgan fingerprint density at radius 2 is 1.56 bits per heavy atom. The number of aromatic nitrogens is 2. The predicted octanol–water partition coefficient (Wildman–Crippen LogP) is 4.87. The van der Waals surface area contributed by atoms with E-state index in [1.165, 1.54) is 0 Å². The number of rotatable bonds is 7. The van der Waals surface area contributed by atoms with Gasteiger partial charge in [-0.05, 0) is 49.4 Å². The number of hydrogen-bond donors (Lipinski definition) is 2. The number of aryl methyl sites for hydroxylation is 2. The van der Waals surface area contributed by atoms with Crippen molar-refractivity contribution >= 4 is 23.2 Å². The highest BCUT2D eigenvalue weighted by atomic mass is 16.4. The molecule has 0 radical (unpaired) electrons. The maximum absolute atomic E-state index is 12.4. The summed E-state index contributed by atoms with van der Waals surface area (Å²) in [5.41, 5.74) is 3.73. The Balaban J connectivity index is 1.31. The third-order valence-corrected chi connectivity index (χ3v) is 4.77. The van der Waals surface area contributed by atoms with E-state index in [1.54, 1.807) is 48.5 Å². The largest absolute Gasteiger partial charge is 0.421 e. The van der Waals surface area contributed by atoms with Gasteiger partial charge in [0, 0.05) is 35.3 Å². The van der Waals surface area contributed by atoms with Crippen LogP contribution < -0.4 is 10.6 Å². The van der Waals surface area contributed by atoms with Crippen LogP contribution in [0.2, 0.25) is 0 Å². The fourth-order valence-electron chi connectivity index (χ4n) is 3.08. The van der Waals surface area contributed by atoms with Crippen molar-refractivity contribution in [1.82, 2.24) is 10.2 Å². The van der Waals surface area contributed by atoms with Gasteiger partial charge in [-0.15, -0.1) is 10.2 Å². The summed E-state index contributed by atoms with van der Waals surface area (Å²) in [6, 6.07) is 23.7. The molecule has 0 spiro atoms. The first-order valence-corrected chi connectivity index (χ1v) is 10.2. The van der Waals surface area contributed by atoms with Gasteiger partial charge in [0.1, 0.15) is 0 Å². The third kappa shape index (κ3) is 5.46. The molecule has 0 aliphatic rings. The van der Waals surface area contributed by atoms with E-state index in [0.717, 1.165) is 11.1 Å². The summed E-state index contributed by atoms with van der Waals surface area (Å²) in [6.07, 6.45) is 0.519. The number of benzene rings is 3. The molecule has 2 amide bonds. The Labute approximate surface area is 185 Å². The van der Waals surface area contributed by atoms with E-state index in [9.17, 15) is 9.59 Å². The van der Waals surface area contributed by atoms with Crippen LogP contribution in [-0.4, -0.2) is 22.0 Å². The van der Waals surface area contributed by atoms with E-state index in [1.807, 2.05) is 37.3 Å². The molecule has 0 atom stereocenters. The van der Waals surface area contributed by atoms with Crippen LogP contribution in [0.1, 0.15) is 28.2 Å². The zero-order chi connectivity index (χ0) is 22.3. The lowest BCUT2D eigenvalue weighted by molar-refractivity contribution is -0.116. The van der Waals surface area contributed by atoms with Crippen LogP contribution in [0.3, 0.4) is 0 Å². The minimum atomic E-state index is -0.213. The molecule has 0 saturated heterocycles. The summed E-state index contributed by atoms with van der Waals surface area (Å²) < 4.78 is 5.67. The number of anilines is 2. The van der Waals surface area contributed by atoms with E-state index < -0.39 is 0 Å². The molecule has 2 N–H and O–H groups in total. The van der Waals surface area contributed by atoms with Gasteiger partial charge >= 0.3 is 0 Å². The zero-order valence-electron chi connectivity index (χ0n) is 17.5. The molecule has 4 rings (SSSR count). The fourth-order valence-corrected chi connectivity index (χ4v) is 3.08. The Morgan fingerprint density at radius 3 is 2.31 bits per heavy atom. The second kappa shape index (κ2) is 9.70. The molecule has 32 heavy (non-hydrogen) atoms. The first-order valence-electron chi connectivity index (χ1n) is 10.2. The van der Waals surface area contributed by atoms with Gasteiger partial charge in [0.15, 0.2) is 0 Å². The van der Waals surface area contributed by atoms with Crippen LogP contribution in [0.5, 0.6) is 0 Å². The number of amides is 2. The SMILES string of the molecule is Cc1ccc(-c2nnc(CCC(=O)Nc3cccc(NC(=O)c4ccccc4)c3)o2)cc1. The smallest absolute Gasteiger partial charge is 0.255 e. The first kappa shape index (κ1) is 21.0. The molecule has 1 aromatic heterocycles. The molecule has 1 heterocycles. The second-order valence-corrected chi connectivity index (χ2v) is 7.32. The lowest BCUT2D eigenvalue weighted by Crippen LogP contribution is -2.14. The number of nitrogens with zero attached hydrogens (tertiary/aromatic N) is 2. The summed E-state index contributed by atoms with van der Waals surface area (Å²) in [7, 11) is 0. The standard InChI is InChI=1S/C25H22N4O3/c1-17-10-12-19(13-11-17)25-29-28-23(32-25)15-14-22(30)26-20-8-5-9-21(16-20)27-24(31)18-6-3-2-4-7-18/h2-13,16H,14-15H2,1H3,(H,26,30)(H,27,31). The van der Waals surface area contributed by atoms with E-state index in [2.05, 4.69) is 20.8 Å². The maximum atomic E-state index is 12.4. The van der Waals surface area contributed by atoms with Crippen LogP contribution >= 0.6 is 0 Å². The topological polar surface area (TPSA) is 97.1 Å². The molecule has 3 aromatic carbocycles. The molecule has 0 unspecified atom stereocenters. The van der Waals surface area contributed by atoms with Crippen LogP contribution in [-0.2, 0) is 11.2 Å². The number of carbonyl (C=O) groups is 2. The van der Waals surface area contributed by atoms with Gasteiger partial charge in [0.05, 0.1) is 0 Å². The molecule has 0 saturated carbocycles. The second-order valence-electron chi connectivity index (χ2n) is 7.32. The lowest BCUT2D eigenvalue weighted by Gasteiger charge is -2.09. The van der Waals surface area contributed by atoms with Crippen molar-refractivity contribution in [2.24, 2.45) is 0 Å². The van der Waals surface area contributed by atoms with Gasteiger partial charge < -0.3 is 15.1 Å². The predicted molar refractivity (Wildman–Crippen MR) is 122 cm³/mol. The Bertz CT molecular complexity index is 1220. The number of carbonyl (C=O) groups excluding carboxylic acids is 2. The van der Waals surface area contributed by atoms with E-state index in [0.29, 0.717) is 35.1 Å². The highest BCUT2D eigenvalue weighted by molar-refractivity contribution is 6.04. The zero-order valence-corrected chi connectivity index (χ0v) is 17.5. The molecule has 7 heteroatoms. The van der Waals surface area contributed by atoms with Crippen molar-refractivity contribution in [3.05, 3.63) is 95.9 Å². The molecule has 160 valence electrons. The van der Waals surface area contributed by atoms with Crippen LogP contribution in [0.15, 0.2) is 83.3 Å². The minimum Gasteiger partial charge on any atom is -0.421 e. The maximum Gasteiger partial charge on any atom is 0.255 e. The highest BCUT2D eigenvalue weighted by Gasteiger charge is 2.11. The molecule has 0 aliphatic heterocycles. The number of hydrogen-bond acceptors (Lipinski definition) is 5. The van der Waals surface area contributed by atoms with Crippen LogP contribution in [0, 0.1) is 6.92 Å². The van der Waals surface area contributed by atoms with Gasteiger partial charge in [-0.3, -0.25) is 9.59 Å². The molecule has 0 bridgehead atoms. The van der Waals surface area contributed by atoms with Crippen molar-refractivity contribution in [3.63, 3.8) is 0 Å². The van der Waals surface area contributed by atoms with Crippen molar-refractivity contribution in [2.45, 2.75) is 19.8 Å².